The van der Waals surface area contributed by atoms with Crippen molar-refractivity contribution < 1.29 is 14.8 Å². The van der Waals surface area contributed by atoms with Gasteiger partial charge in [-0.05, 0) is 36.6 Å². The maximum atomic E-state index is 12.8. The summed E-state index contributed by atoms with van der Waals surface area (Å²) in [4.78, 5) is 23.1. The first kappa shape index (κ1) is 19.3. The third-order valence-electron chi connectivity index (χ3n) is 3.93. The second kappa shape index (κ2) is 9.47. The van der Waals surface area contributed by atoms with Crippen molar-refractivity contribution in [2.75, 3.05) is 0 Å². The quantitative estimate of drug-likeness (QED) is 0.185. The van der Waals surface area contributed by atoms with Gasteiger partial charge in [-0.1, -0.05) is 43.7 Å². The van der Waals surface area contributed by atoms with E-state index >= 15 is 0 Å². The van der Waals surface area contributed by atoms with Gasteiger partial charge in [0, 0.05) is 17.7 Å². The Bertz CT molecular complexity index is 819. The number of unbranched alkanes of at least 4 members (excludes halogenated alkanes) is 2. The van der Waals surface area contributed by atoms with Crippen molar-refractivity contribution in [1.82, 2.24) is 0 Å². The topological polar surface area (TPSA) is 80.4 Å². The molecule has 0 aliphatic carbocycles. The van der Waals surface area contributed by atoms with E-state index in [1.165, 1.54) is 24.3 Å². The van der Waals surface area contributed by atoms with Crippen LogP contribution in [0.15, 0.2) is 72.0 Å². The van der Waals surface area contributed by atoms with Gasteiger partial charge in [-0.2, -0.15) is 0 Å². The molecule has 5 nitrogen and oxygen atoms in total. The molecule has 1 N–H and O–H groups in total. The summed E-state index contributed by atoms with van der Waals surface area (Å²) < 4.78 is 0. The number of rotatable bonds is 8. The highest BCUT2D eigenvalue weighted by Gasteiger charge is 2.22. The van der Waals surface area contributed by atoms with Crippen molar-refractivity contribution in [1.29, 1.82) is 0 Å². The fraction of sp³-hybridized carbons (Fsp3) is 0.238. The molecular weight excluding hydrogens is 330 g/mol. The highest BCUT2D eigenvalue weighted by Crippen LogP contribution is 2.26. The minimum absolute atomic E-state index is 0.0700. The number of ketones is 1. The van der Waals surface area contributed by atoms with Crippen LogP contribution in [0.4, 0.5) is 5.69 Å². The summed E-state index contributed by atoms with van der Waals surface area (Å²) in [6.45, 7) is 2.07. The van der Waals surface area contributed by atoms with Gasteiger partial charge < -0.3 is 5.11 Å². The molecule has 0 aliphatic heterocycles. The number of carbonyl (C=O) groups excluding carboxylic acids is 1. The van der Waals surface area contributed by atoms with Gasteiger partial charge in [-0.3, -0.25) is 14.9 Å². The van der Waals surface area contributed by atoms with Crippen molar-refractivity contribution in [3.8, 4) is 0 Å². The SMILES string of the molecule is CCCCC=C=C(C(=O)c1ccccc1)C(O)c1ccc([N+](=O)[O-])cc1. The van der Waals surface area contributed by atoms with E-state index in [4.69, 9.17) is 0 Å². The summed E-state index contributed by atoms with van der Waals surface area (Å²) in [7, 11) is 0. The lowest BCUT2D eigenvalue weighted by molar-refractivity contribution is -0.384. The maximum Gasteiger partial charge on any atom is 0.269 e. The van der Waals surface area contributed by atoms with Gasteiger partial charge in [0.15, 0.2) is 5.78 Å². The second-order valence-corrected chi connectivity index (χ2v) is 5.85. The number of nitro benzene ring substituents is 1. The minimum atomic E-state index is -1.21. The predicted octanol–water partition coefficient (Wildman–Crippen LogP) is 4.78. The highest BCUT2D eigenvalue weighted by atomic mass is 16.6. The van der Waals surface area contributed by atoms with Crippen LogP contribution < -0.4 is 0 Å². The molecule has 0 spiro atoms. The molecular formula is C21H21NO4. The summed E-state index contributed by atoms with van der Waals surface area (Å²) in [5.41, 5.74) is 3.87. The van der Waals surface area contributed by atoms with Crippen LogP contribution in [0.2, 0.25) is 0 Å². The average Bonchev–Trinajstić information content (AvgIpc) is 2.68. The Morgan fingerprint density at radius 1 is 1.19 bits per heavy atom. The summed E-state index contributed by atoms with van der Waals surface area (Å²) >= 11 is 0. The molecule has 0 radical (unpaired) electrons. The third-order valence-corrected chi connectivity index (χ3v) is 3.93. The van der Waals surface area contributed by atoms with Gasteiger partial charge in [-0.15, -0.1) is 5.73 Å². The van der Waals surface area contributed by atoms with E-state index in [9.17, 15) is 20.0 Å². The normalized spacial score (nSPS) is 11.3. The van der Waals surface area contributed by atoms with E-state index in [2.05, 4.69) is 12.7 Å². The van der Waals surface area contributed by atoms with Crippen molar-refractivity contribution in [2.45, 2.75) is 32.3 Å². The van der Waals surface area contributed by atoms with Gasteiger partial charge in [0.05, 0.1) is 10.5 Å². The summed E-state index contributed by atoms with van der Waals surface area (Å²) in [6, 6.07) is 14.2. The van der Waals surface area contributed by atoms with Crippen LogP contribution in [-0.4, -0.2) is 15.8 Å². The maximum absolute atomic E-state index is 12.8. The molecule has 2 rings (SSSR count). The lowest BCUT2D eigenvalue weighted by atomic mass is 9.94. The zero-order chi connectivity index (χ0) is 18.9. The molecule has 2 aromatic rings. The van der Waals surface area contributed by atoms with E-state index in [0.717, 1.165) is 19.3 Å². The van der Waals surface area contributed by atoms with Crippen LogP contribution >= 0.6 is 0 Å². The van der Waals surface area contributed by atoms with Crippen LogP contribution in [0.3, 0.4) is 0 Å². The first-order valence-electron chi connectivity index (χ1n) is 8.51. The number of benzene rings is 2. The number of non-ortho nitro benzene ring substituents is 1. The Kier molecular flexibility index (Phi) is 7.03. The number of nitro groups is 1. The van der Waals surface area contributed by atoms with Gasteiger partial charge >= 0.3 is 0 Å². The Morgan fingerprint density at radius 3 is 2.42 bits per heavy atom. The lowest BCUT2D eigenvalue weighted by Gasteiger charge is -2.13. The summed E-state index contributed by atoms with van der Waals surface area (Å²) in [5.74, 6) is -0.316. The van der Waals surface area contributed by atoms with E-state index < -0.39 is 11.0 Å². The molecule has 5 heteroatoms. The minimum Gasteiger partial charge on any atom is -0.383 e. The van der Waals surface area contributed by atoms with Crippen molar-refractivity contribution in [3.05, 3.63) is 93.2 Å². The third kappa shape index (κ3) is 4.99. The van der Waals surface area contributed by atoms with Gasteiger partial charge in [0.2, 0.25) is 0 Å². The van der Waals surface area contributed by atoms with Crippen LogP contribution in [-0.2, 0) is 0 Å². The van der Waals surface area contributed by atoms with E-state index in [1.54, 1.807) is 30.3 Å². The number of hydrogen-bond acceptors (Lipinski definition) is 4. The standard InChI is InChI=1S/C21H21NO4/c1-2-3-4-8-11-19(20(23)16-9-6-5-7-10-16)21(24)17-12-14-18(15-13-17)22(25)26/h5-10,12-15,21,24H,2-4H2,1H3. The number of carbonyl (C=O) groups is 1. The van der Waals surface area contributed by atoms with Crippen molar-refractivity contribution in [2.24, 2.45) is 0 Å². The molecule has 1 atom stereocenters. The predicted molar refractivity (Wildman–Crippen MR) is 99.9 cm³/mol. The van der Waals surface area contributed by atoms with Crippen LogP contribution in [0.5, 0.6) is 0 Å². The fourth-order valence-electron chi connectivity index (χ4n) is 2.45. The smallest absolute Gasteiger partial charge is 0.269 e. The molecule has 26 heavy (non-hydrogen) atoms. The van der Waals surface area contributed by atoms with Crippen molar-refractivity contribution in [3.63, 3.8) is 0 Å². The Labute approximate surface area is 152 Å². The number of aliphatic hydroxyl groups excluding tert-OH is 1. The molecule has 0 heterocycles. The average molecular weight is 351 g/mol. The summed E-state index contributed by atoms with van der Waals surface area (Å²) in [6.07, 6.45) is 3.29. The first-order chi connectivity index (χ1) is 12.5. The van der Waals surface area contributed by atoms with Crippen LogP contribution in [0, 0.1) is 10.1 Å². The van der Waals surface area contributed by atoms with E-state index in [1.807, 2.05) is 6.07 Å². The van der Waals surface area contributed by atoms with Gasteiger partial charge in [-0.25, -0.2) is 0 Å². The molecule has 0 saturated heterocycles. The van der Waals surface area contributed by atoms with Crippen molar-refractivity contribution >= 4 is 11.5 Å². The molecule has 0 saturated carbocycles. The Balaban J connectivity index is 2.37. The van der Waals surface area contributed by atoms with Crippen LogP contribution in [0.1, 0.15) is 48.2 Å². The Morgan fingerprint density at radius 2 is 1.85 bits per heavy atom. The van der Waals surface area contributed by atoms with E-state index in [0.29, 0.717) is 11.1 Å². The fourth-order valence-corrected chi connectivity index (χ4v) is 2.45. The molecule has 2 aromatic carbocycles. The van der Waals surface area contributed by atoms with Gasteiger partial charge in [0.1, 0.15) is 6.10 Å². The molecule has 0 bridgehead atoms. The number of Topliss-reactive ketones (excluding diaryl/α,β-unsaturated/α-hetero) is 1. The first-order valence-corrected chi connectivity index (χ1v) is 8.51. The highest BCUT2D eigenvalue weighted by molar-refractivity contribution is 6.09. The van der Waals surface area contributed by atoms with Crippen LogP contribution in [0.25, 0.3) is 0 Å². The molecule has 134 valence electrons. The molecule has 0 amide bonds. The molecule has 0 aliphatic rings. The molecule has 1 unspecified atom stereocenters. The number of nitrogens with zero attached hydrogens (tertiary/aromatic N) is 1. The second-order valence-electron chi connectivity index (χ2n) is 5.85. The van der Waals surface area contributed by atoms with E-state index in [-0.39, 0.29) is 17.0 Å². The number of hydrogen-bond donors (Lipinski definition) is 1. The molecule has 0 aromatic heterocycles. The number of aliphatic hydroxyl groups is 1. The zero-order valence-electron chi connectivity index (χ0n) is 14.6. The largest absolute Gasteiger partial charge is 0.383 e. The van der Waals surface area contributed by atoms with Gasteiger partial charge in [0.25, 0.3) is 5.69 Å². The zero-order valence-corrected chi connectivity index (χ0v) is 14.6. The summed E-state index contributed by atoms with van der Waals surface area (Å²) in [5, 5.41) is 21.5. The lowest BCUT2D eigenvalue weighted by Crippen LogP contribution is -2.11. The Hall–Kier alpha value is -3.01. The molecule has 0 fully saturated rings. The monoisotopic (exact) mass is 351 g/mol.